The fraction of sp³-hybridized carbons (Fsp3) is 0.333. The van der Waals surface area contributed by atoms with E-state index in [9.17, 15) is 9.59 Å². The first-order chi connectivity index (χ1) is 13.9. The van der Waals surface area contributed by atoms with Crippen molar-refractivity contribution in [3.05, 3.63) is 52.5 Å². The molecule has 0 bridgehead atoms. The monoisotopic (exact) mass is 420 g/mol. The summed E-state index contributed by atoms with van der Waals surface area (Å²) in [6.07, 6.45) is 0.147. The summed E-state index contributed by atoms with van der Waals surface area (Å²) in [5.41, 5.74) is 1.29. The Balaban J connectivity index is 1.91. The van der Waals surface area contributed by atoms with Crippen molar-refractivity contribution in [1.29, 1.82) is 0 Å². The number of rotatable bonds is 9. The Hall–Kier alpha value is -2.93. The van der Waals surface area contributed by atoms with E-state index in [1.165, 1.54) is 21.3 Å². The van der Waals surface area contributed by atoms with Gasteiger partial charge in [-0.25, -0.2) is 0 Å². The third kappa shape index (κ3) is 6.02. The van der Waals surface area contributed by atoms with E-state index in [4.69, 9.17) is 25.8 Å². The topological polar surface area (TPSA) is 85.9 Å². The lowest BCUT2D eigenvalue weighted by molar-refractivity contribution is -0.121. The van der Waals surface area contributed by atoms with Crippen molar-refractivity contribution in [3.8, 4) is 17.2 Å². The molecule has 0 saturated heterocycles. The van der Waals surface area contributed by atoms with E-state index in [0.717, 1.165) is 5.56 Å². The summed E-state index contributed by atoms with van der Waals surface area (Å²) in [4.78, 5) is 24.3. The van der Waals surface area contributed by atoms with Crippen molar-refractivity contribution in [2.75, 3.05) is 27.9 Å². The fourth-order valence-corrected chi connectivity index (χ4v) is 2.87. The van der Waals surface area contributed by atoms with Crippen LogP contribution in [0.25, 0.3) is 0 Å². The maximum atomic E-state index is 12.3. The molecule has 0 radical (unpaired) electrons. The second-order valence-electron chi connectivity index (χ2n) is 6.26. The molecule has 29 heavy (non-hydrogen) atoms. The van der Waals surface area contributed by atoms with E-state index in [1.54, 1.807) is 36.4 Å². The average Bonchev–Trinajstić information content (AvgIpc) is 2.72. The van der Waals surface area contributed by atoms with Gasteiger partial charge in [0, 0.05) is 23.6 Å². The predicted molar refractivity (Wildman–Crippen MR) is 111 cm³/mol. The first-order valence-corrected chi connectivity index (χ1v) is 9.40. The molecule has 0 spiro atoms. The van der Waals surface area contributed by atoms with Gasteiger partial charge in [-0.1, -0.05) is 11.6 Å². The lowest BCUT2D eigenvalue weighted by atomic mass is 10.1. The van der Waals surface area contributed by atoms with Crippen LogP contribution in [0.1, 0.15) is 35.3 Å². The zero-order valence-electron chi connectivity index (χ0n) is 16.9. The number of methoxy groups -OCH3 is 3. The van der Waals surface area contributed by atoms with Crippen LogP contribution in [-0.2, 0) is 4.79 Å². The maximum absolute atomic E-state index is 12.3. The van der Waals surface area contributed by atoms with Gasteiger partial charge in [0.15, 0.2) is 11.5 Å². The molecule has 2 rings (SSSR count). The Morgan fingerprint density at radius 3 is 2.10 bits per heavy atom. The number of ether oxygens (including phenoxy) is 3. The van der Waals surface area contributed by atoms with E-state index < -0.39 is 0 Å². The van der Waals surface area contributed by atoms with Gasteiger partial charge in [-0.15, -0.1) is 0 Å². The van der Waals surface area contributed by atoms with E-state index in [2.05, 4.69) is 10.6 Å². The smallest absolute Gasteiger partial charge is 0.251 e. The molecule has 0 aromatic heterocycles. The molecule has 156 valence electrons. The van der Waals surface area contributed by atoms with Crippen LogP contribution >= 0.6 is 11.6 Å². The summed E-state index contributed by atoms with van der Waals surface area (Å²) >= 11 is 5.81. The minimum atomic E-state index is -0.289. The summed E-state index contributed by atoms with van der Waals surface area (Å²) in [5.74, 6) is 1.06. The molecule has 0 heterocycles. The van der Waals surface area contributed by atoms with Crippen LogP contribution in [0.4, 0.5) is 0 Å². The largest absolute Gasteiger partial charge is 0.493 e. The number of benzene rings is 2. The van der Waals surface area contributed by atoms with Crippen LogP contribution in [0.15, 0.2) is 36.4 Å². The molecule has 0 saturated carbocycles. The Labute approximate surface area is 175 Å². The molecule has 2 aromatic rings. The van der Waals surface area contributed by atoms with Crippen LogP contribution < -0.4 is 24.8 Å². The second kappa shape index (κ2) is 10.6. The summed E-state index contributed by atoms with van der Waals surface area (Å²) in [7, 11) is 4.60. The number of nitrogens with one attached hydrogen (secondary N) is 2. The Bertz CT molecular complexity index is 830. The Kier molecular flexibility index (Phi) is 8.15. The lowest BCUT2D eigenvalue weighted by Crippen LogP contribution is -2.32. The third-order valence-electron chi connectivity index (χ3n) is 4.31. The van der Waals surface area contributed by atoms with Crippen LogP contribution in [0, 0.1) is 0 Å². The van der Waals surface area contributed by atoms with Gasteiger partial charge in [0.2, 0.25) is 11.7 Å². The van der Waals surface area contributed by atoms with Crippen molar-refractivity contribution in [1.82, 2.24) is 10.6 Å². The highest BCUT2D eigenvalue weighted by Crippen LogP contribution is 2.39. The minimum absolute atomic E-state index is 0.147. The van der Waals surface area contributed by atoms with Crippen LogP contribution in [-0.4, -0.2) is 39.7 Å². The predicted octanol–water partition coefficient (Wildman–Crippen LogP) is 3.36. The highest BCUT2D eigenvalue weighted by Gasteiger charge is 2.17. The molecular weight excluding hydrogens is 396 g/mol. The fourth-order valence-electron chi connectivity index (χ4n) is 2.74. The molecule has 0 fully saturated rings. The van der Waals surface area contributed by atoms with Gasteiger partial charge in [-0.05, 0) is 48.9 Å². The van der Waals surface area contributed by atoms with Gasteiger partial charge in [-0.3, -0.25) is 9.59 Å². The molecule has 2 aromatic carbocycles. The molecule has 0 aliphatic heterocycles. The lowest BCUT2D eigenvalue weighted by Gasteiger charge is -2.19. The molecule has 0 aliphatic rings. The SMILES string of the molecule is COc1cc(C(C)NC(=O)CCNC(=O)c2ccc(Cl)cc2)cc(OC)c1OC. The highest BCUT2D eigenvalue weighted by molar-refractivity contribution is 6.30. The Morgan fingerprint density at radius 1 is 1.00 bits per heavy atom. The molecular formula is C21H25ClN2O5. The van der Waals surface area contributed by atoms with Crippen molar-refractivity contribution >= 4 is 23.4 Å². The van der Waals surface area contributed by atoms with Gasteiger partial charge in [0.05, 0.1) is 27.4 Å². The van der Waals surface area contributed by atoms with Crippen molar-refractivity contribution < 1.29 is 23.8 Å². The zero-order chi connectivity index (χ0) is 21.4. The molecule has 2 amide bonds. The normalized spacial score (nSPS) is 11.3. The number of halogens is 1. The third-order valence-corrected chi connectivity index (χ3v) is 4.56. The van der Waals surface area contributed by atoms with Gasteiger partial charge >= 0.3 is 0 Å². The van der Waals surface area contributed by atoms with Crippen LogP contribution in [0.2, 0.25) is 5.02 Å². The number of hydrogen-bond acceptors (Lipinski definition) is 5. The number of hydrogen-bond donors (Lipinski definition) is 2. The summed E-state index contributed by atoms with van der Waals surface area (Å²) in [6, 6.07) is 9.82. The summed E-state index contributed by atoms with van der Waals surface area (Å²) in [5, 5.41) is 6.17. The number of carbonyl (C=O) groups excluding carboxylic acids is 2. The Morgan fingerprint density at radius 2 is 1.59 bits per heavy atom. The number of amides is 2. The number of carbonyl (C=O) groups is 2. The van der Waals surface area contributed by atoms with Gasteiger partial charge in [0.25, 0.3) is 5.91 Å². The van der Waals surface area contributed by atoms with Crippen LogP contribution in [0.5, 0.6) is 17.2 Å². The first-order valence-electron chi connectivity index (χ1n) is 9.02. The summed E-state index contributed by atoms with van der Waals surface area (Å²) in [6.45, 7) is 2.07. The van der Waals surface area contributed by atoms with Crippen molar-refractivity contribution in [2.24, 2.45) is 0 Å². The van der Waals surface area contributed by atoms with Crippen LogP contribution in [0.3, 0.4) is 0 Å². The van der Waals surface area contributed by atoms with Gasteiger partial charge in [-0.2, -0.15) is 0 Å². The quantitative estimate of drug-likeness (QED) is 0.649. The highest BCUT2D eigenvalue weighted by atomic mass is 35.5. The first kappa shape index (κ1) is 22.4. The molecule has 8 heteroatoms. The molecule has 1 unspecified atom stereocenters. The second-order valence-corrected chi connectivity index (χ2v) is 6.70. The summed E-state index contributed by atoms with van der Waals surface area (Å²) < 4.78 is 16.0. The van der Waals surface area contributed by atoms with Gasteiger partial charge < -0.3 is 24.8 Å². The van der Waals surface area contributed by atoms with E-state index >= 15 is 0 Å². The minimum Gasteiger partial charge on any atom is -0.493 e. The van der Waals surface area contributed by atoms with E-state index in [1.807, 2.05) is 6.92 Å². The van der Waals surface area contributed by atoms with Gasteiger partial charge in [0.1, 0.15) is 0 Å². The van der Waals surface area contributed by atoms with Crippen molar-refractivity contribution in [3.63, 3.8) is 0 Å². The maximum Gasteiger partial charge on any atom is 0.251 e. The molecule has 7 nitrogen and oxygen atoms in total. The average molecular weight is 421 g/mol. The van der Waals surface area contributed by atoms with E-state index in [-0.39, 0.29) is 30.8 Å². The van der Waals surface area contributed by atoms with Crippen molar-refractivity contribution in [2.45, 2.75) is 19.4 Å². The molecule has 1 atom stereocenters. The molecule has 2 N–H and O–H groups in total. The standard InChI is InChI=1S/C21H25ClN2O5/c1-13(15-11-17(27-2)20(29-4)18(12-15)28-3)24-19(25)9-10-23-21(26)14-5-7-16(22)8-6-14/h5-8,11-13H,9-10H2,1-4H3,(H,23,26)(H,24,25). The zero-order valence-corrected chi connectivity index (χ0v) is 17.6. The van der Waals surface area contributed by atoms with E-state index in [0.29, 0.717) is 27.8 Å². The molecule has 0 aliphatic carbocycles.